The summed E-state index contributed by atoms with van der Waals surface area (Å²) in [5.74, 6) is 0.396. The fraction of sp³-hybridized carbons (Fsp3) is 0.143. The molecule has 11 heavy (non-hydrogen) atoms. The van der Waals surface area contributed by atoms with Crippen LogP contribution in [-0.4, -0.2) is 20.7 Å². The fourth-order valence-corrected chi connectivity index (χ4v) is 0.588. The maximum atomic E-state index is 10.9. The van der Waals surface area contributed by atoms with Crippen molar-refractivity contribution in [1.82, 2.24) is 15.0 Å². The normalized spacial score (nSPS) is 9.18. The molecule has 0 N–H and O–H groups in total. The van der Waals surface area contributed by atoms with Crippen LogP contribution in [0.4, 0.5) is 0 Å². The van der Waals surface area contributed by atoms with Crippen molar-refractivity contribution in [3.8, 4) is 0 Å². The standard InChI is InChI=1S/C7H7N3O/c1-3-6(11)7-9-4-8-5(2)10-7/h3-4H,1H2,2H3. The number of hydrogen-bond donors (Lipinski definition) is 0. The molecule has 1 aromatic rings. The van der Waals surface area contributed by atoms with E-state index in [1.54, 1.807) is 6.92 Å². The van der Waals surface area contributed by atoms with E-state index >= 15 is 0 Å². The number of allylic oxidation sites excluding steroid dienone is 1. The van der Waals surface area contributed by atoms with Crippen molar-refractivity contribution in [2.24, 2.45) is 0 Å². The predicted octanol–water partition coefficient (Wildman–Crippen LogP) is 0.549. The Bertz CT molecular complexity index is 295. The van der Waals surface area contributed by atoms with Crippen LogP contribution in [0.1, 0.15) is 16.4 Å². The van der Waals surface area contributed by atoms with Gasteiger partial charge in [-0.2, -0.15) is 0 Å². The van der Waals surface area contributed by atoms with Gasteiger partial charge in [0.25, 0.3) is 0 Å². The summed E-state index contributed by atoms with van der Waals surface area (Å²) < 4.78 is 0. The quantitative estimate of drug-likeness (QED) is 0.455. The highest BCUT2D eigenvalue weighted by molar-refractivity contribution is 6.01. The van der Waals surface area contributed by atoms with E-state index in [-0.39, 0.29) is 11.6 Å². The van der Waals surface area contributed by atoms with E-state index in [0.29, 0.717) is 5.82 Å². The van der Waals surface area contributed by atoms with Gasteiger partial charge in [0.1, 0.15) is 12.2 Å². The molecule has 0 atom stereocenters. The summed E-state index contributed by atoms with van der Waals surface area (Å²) in [5.41, 5.74) is 0. The van der Waals surface area contributed by atoms with Crippen LogP contribution < -0.4 is 0 Å². The van der Waals surface area contributed by atoms with E-state index in [1.165, 1.54) is 12.4 Å². The largest absolute Gasteiger partial charge is 0.286 e. The highest BCUT2D eigenvalue weighted by Gasteiger charge is 2.03. The predicted molar refractivity (Wildman–Crippen MR) is 39.1 cm³/mol. The topological polar surface area (TPSA) is 55.7 Å². The van der Waals surface area contributed by atoms with Crippen LogP contribution in [0.5, 0.6) is 0 Å². The van der Waals surface area contributed by atoms with Gasteiger partial charge in [0, 0.05) is 0 Å². The molecule has 0 unspecified atom stereocenters. The van der Waals surface area contributed by atoms with Crippen LogP contribution in [0.2, 0.25) is 0 Å². The van der Waals surface area contributed by atoms with E-state index in [2.05, 4.69) is 21.5 Å². The third kappa shape index (κ3) is 1.67. The Morgan fingerprint density at radius 1 is 1.64 bits per heavy atom. The lowest BCUT2D eigenvalue weighted by molar-refractivity contribution is 0.103. The van der Waals surface area contributed by atoms with E-state index in [1.807, 2.05) is 0 Å². The van der Waals surface area contributed by atoms with Gasteiger partial charge in [0.2, 0.25) is 11.6 Å². The number of carbonyl (C=O) groups is 1. The lowest BCUT2D eigenvalue weighted by atomic mass is 10.4. The third-order valence-electron chi connectivity index (χ3n) is 1.10. The summed E-state index contributed by atoms with van der Waals surface area (Å²) in [6.07, 6.45) is 2.48. The van der Waals surface area contributed by atoms with Crippen LogP contribution in [0.25, 0.3) is 0 Å². The maximum Gasteiger partial charge on any atom is 0.222 e. The van der Waals surface area contributed by atoms with Gasteiger partial charge in [0.15, 0.2) is 0 Å². The summed E-state index contributed by atoms with van der Waals surface area (Å²) in [7, 11) is 0. The first-order valence-electron chi connectivity index (χ1n) is 3.06. The van der Waals surface area contributed by atoms with Crippen molar-refractivity contribution >= 4 is 5.78 Å². The van der Waals surface area contributed by atoms with E-state index in [4.69, 9.17) is 0 Å². The second kappa shape index (κ2) is 3.01. The molecule has 0 bridgehead atoms. The van der Waals surface area contributed by atoms with E-state index < -0.39 is 0 Å². The average molecular weight is 149 g/mol. The minimum atomic E-state index is -0.282. The second-order valence-corrected chi connectivity index (χ2v) is 1.92. The minimum absolute atomic E-state index is 0.146. The van der Waals surface area contributed by atoms with Crippen LogP contribution in [-0.2, 0) is 0 Å². The molecule has 0 amide bonds. The number of ketones is 1. The molecule has 0 saturated carbocycles. The fourth-order valence-electron chi connectivity index (χ4n) is 0.588. The van der Waals surface area contributed by atoms with Crippen LogP contribution in [0.15, 0.2) is 19.0 Å². The molecule has 0 aromatic carbocycles. The lowest BCUT2D eigenvalue weighted by Gasteiger charge is -1.92. The van der Waals surface area contributed by atoms with Gasteiger partial charge in [-0.05, 0) is 13.0 Å². The van der Waals surface area contributed by atoms with Gasteiger partial charge in [-0.25, -0.2) is 15.0 Å². The molecule has 0 aliphatic carbocycles. The Balaban J connectivity index is 3.05. The van der Waals surface area contributed by atoms with Gasteiger partial charge in [0.05, 0.1) is 0 Å². The highest BCUT2D eigenvalue weighted by Crippen LogP contribution is 1.91. The first kappa shape index (κ1) is 7.53. The monoisotopic (exact) mass is 149 g/mol. The first-order valence-corrected chi connectivity index (χ1v) is 3.06. The highest BCUT2D eigenvalue weighted by atomic mass is 16.1. The number of nitrogens with zero attached hydrogens (tertiary/aromatic N) is 3. The van der Waals surface area contributed by atoms with Gasteiger partial charge < -0.3 is 0 Å². The van der Waals surface area contributed by atoms with Crippen LogP contribution in [0.3, 0.4) is 0 Å². The molecular weight excluding hydrogens is 142 g/mol. The van der Waals surface area contributed by atoms with Crippen molar-refractivity contribution in [2.45, 2.75) is 6.92 Å². The molecule has 0 radical (unpaired) electrons. The number of carbonyl (C=O) groups excluding carboxylic acids is 1. The molecule has 1 aromatic heterocycles. The molecule has 0 aliphatic rings. The Morgan fingerprint density at radius 3 is 2.91 bits per heavy atom. The SMILES string of the molecule is C=CC(=O)c1ncnc(C)n1. The first-order chi connectivity index (χ1) is 5.24. The van der Waals surface area contributed by atoms with Gasteiger partial charge in [-0.3, -0.25) is 4.79 Å². The van der Waals surface area contributed by atoms with E-state index in [9.17, 15) is 4.79 Å². The Kier molecular flexibility index (Phi) is 2.06. The summed E-state index contributed by atoms with van der Waals surface area (Å²) in [4.78, 5) is 22.1. The zero-order valence-corrected chi connectivity index (χ0v) is 6.11. The molecule has 0 saturated heterocycles. The van der Waals surface area contributed by atoms with Crippen molar-refractivity contribution < 1.29 is 4.79 Å². The summed E-state index contributed by atoms with van der Waals surface area (Å²) in [6, 6.07) is 0. The van der Waals surface area contributed by atoms with Gasteiger partial charge in [-0.1, -0.05) is 6.58 Å². The summed E-state index contributed by atoms with van der Waals surface area (Å²) in [6.45, 7) is 5.01. The molecule has 0 fully saturated rings. The zero-order valence-electron chi connectivity index (χ0n) is 6.11. The molecule has 56 valence electrons. The van der Waals surface area contributed by atoms with Crippen molar-refractivity contribution in [2.75, 3.05) is 0 Å². The van der Waals surface area contributed by atoms with E-state index in [0.717, 1.165) is 0 Å². The van der Waals surface area contributed by atoms with Crippen molar-refractivity contribution in [3.05, 3.63) is 30.6 Å². The number of hydrogen-bond acceptors (Lipinski definition) is 4. The van der Waals surface area contributed by atoms with Gasteiger partial charge in [-0.15, -0.1) is 0 Å². The molecule has 4 heteroatoms. The number of rotatable bonds is 2. The maximum absolute atomic E-state index is 10.9. The molecule has 1 heterocycles. The van der Waals surface area contributed by atoms with Crippen molar-refractivity contribution in [1.29, 1.82) is 0 Å². The third-order valence-corrected chi connectivity index (χ3v) is 1.10. The molecule has 1 rings (SSSR count). The van der Waals surface area contributed by atoms with Crippen LogP contribution >= 0.6 is 0 Å². The molecule has 0 spiro atoms. The summed E-state index contributed by atoms with van der Waals surface area (Å²) in [5, 5.41) is 0. The Hall–Kier alpha value is -1.58. The zero-order chi connectivity index (χ0) is 8.27. The Morgan fingerprint density at radius 2 is 2.36 bits per heavy atom. The molecule has 4 nitrogen and oxygen atoms in total. The van der Waals surface area contributed by atoms with Gasteiger partial charge >= 0.3 is 0 Å². The molecule has 0 aliphatic heterocycles. The molecular formula is C7H7N3O. The Labute approximate surface area is 64.0 Å². The lowest BCUT2D eigenvalue weighted by Crippen LogP contribution is -2.03. The van der Waals surface area contributed by atoms with Crippen molar-refractivity contribution in [3.63, 3.8) is 0 Å². The average Bonchev–Trinajstić information content (AvgIpc) is 2.03. The number of aromatic nitrogens is 3. The minimum Gasteiger partial charge on any atom is -0.286 e. The summed E-state index contributed by atoms with van der Waals surface area (Å²) >= 11 is 0. The second-order valence-electron chi connectivity index (χ2n) is 1.92. The smallest absolute Gasteiger partial charge is 0.222 e. The number of aryl methyl sites for hydroxylation is 1. The van der Waals surface area contributed by atoms with Crippen LogP contribution in [0, 0.1) is 6.92 Å².